The van der Waals surface area contributed by atoms with Crippen molar-refractivity contribution in [2.75, 3.05) is 37.8 Å². The van der Waals surface area contributed by atoms with Gasteiger partial charge in [0, 0.05) is 43.1 Å². The fourth-order valence-corrected chi connectivity index (χ4v) is 8.80. The monoisotopic (exact) mass is 956 g/mol. The number of anilines is 1. The molecule has 1 saturated heterocycles. The average molecular weight is 957 g/mol. The van der Waals surface area contributed by atoms with Gasteiger partial charge in [-0.1, -0.05) is 42.8 Å². The molecule has 348 valence electrons. The van der Waals surface area contributed by atoms with E-state index in [2.05, 4.69) is 43.5 Å². The summed E-state index contributed by atoms with van der Waals surface area (Å²) >= 11 is 0.849. The van der Waals surface area contributed by atoms with Gasteiger partial charge in [0.25, 0.3) is 15.6 Å². The number of ether oxygens (including phenoxy) is 1. The lowest BCUT2D eigenvalue weighted by atomic mass is 9.87. The Bertz CT molecular complexity index is 2130. The minimum Gasteiger partial charge on any atom is -0.790 e. The lowest BCUT2D eigenvalue weighted by Crippen LogP contribution is -2.46. The molecule has 2 aromatic rings. The molecule has 1 aliphatic heterocycles. The summed E-state index contributed by atoms with van der Waals surface area (Å²) in [7, 11) is -17.7. The number of hydrogen-bond donors (Lipinski definition) is 5. The van der Waals surface area contributed by atoms with Crippen LogP contribution in [-0.4, -0.2) is 109 Å². The molecule has 0 aliphatic carbocycles. The summed E-state index contributed by atoms with van der Waals surface area (Å²) in [6.45, 7) is 3.55. The SMILES string of the molecule is CC(C)=CCC/C(=C/C(=O)SCCNC(=O)CCNC(=O)[C@H](O)C(C)(C)COP(=O)([O-])OP(=O)([O-])OC[C@H]1O[C@@H](n2cnc3c(N)ncnc32)[C@H](O)[C@@H]1OP(=O)([O-])[O-])CC(=O)[O-]. The van der Waals surface area contributed by atoms with Crippen molar-refractivity contribution < 1.29 is 90.4 Å². The van der Waals surface area contributed by atoms with Crippen molar-refractivity contribution in [3.63, 3.8) is 0 Å². The highest BCUT2D eigenvalue weighted by atomic mass is 32.2. The zero-order chi connectivity index (χ0) is 46.6. The molecular weight excluding hydrogens is 911 g/mol. The second-order valence-electron chi connectivity index (χ2n) is 14.3. The fraction of sp³-hybridized carbons (Fsp3) is 0.594. The van der Waals surface area contributed by atoms with E-state index in [1.165, 1.54) is 19.9 Å². The summed E-state index contributed by atoms with van der Waals surface area (Å²) in [6, 6.07) is 0. The number of carbonyl (C=O) groups excluding carboxylic acids is 4. The van der Waals surface area contributed by atoms with Crippen LogP contribution in [0.25, 0.3) is 11.2 Å². The van der Waals surface area contributed by atoms with Crippen LogP contribution in [0.1, 0.15) is 59.6 Å². The number of hydrogen-bond acceptors (Lipinski definition) is 24. The lowest BCUT2D eigenvalue weighted by Gasteiger charge is -2.36. The Balaban J connectivity index is 1.45. The lowest BCUT2D eigenvalue weighted by molar-refractivity contribution is -0.347. The van der Waals surface area contributed by atoms with E-state index >= 15 is 0 Å². The van der Waals surface area contributed by atoms with E-state index < -0.39 is 102 Å². The number of nitrogen functional groups attached to an aromatic ring is 1. The molecule has 1 aliphatic rings. The number of carboxylic acid groups (broad SMARTS) is 1. The molecule has 3 rings (SSSR count). The van der Waals surface area contributed by atoms with E-state index in [0.717, 1.165) is 34.6 Å². The quantitative estimate of drug-likeness (QED) is 0.0286. The zero-order valence-corrected chi connectivity index (χ0v) is 37.0. The summed E-state index contributed by atoms with van der Waals surface area (Å²) in [5, 5.41) is 36.8. The molecule has 1 fully saturated rings. The number of aliphatic hydroxyl groups is 2. The third kappa shape index (κ3) is 17.2. The summed E-state index contributed by atoms with van der Waals surface area (Å²) in [4.78, 5) is 108. The molecule has 2 aromatic heterocycles. The summed E-state index contributed by atoms with van der Waals surface area (Å²) in [5.74, 6) is -2.86. The normalized spacial score (nSPS) is 20.8. The number of aliphatic carboxylic acids is 1. The number of rotatable bonds is 25. The number of amides is 2. The van der Waals surface area contributed by atoms with Crippen molar-refractivity contribution in [3.8, 4) is 0 Å². The second-order valence-corrected chi connectivity index (χ2v) is 19.5. The summed E-state index contributed by atoms with van der Waals surface area (Å²) in [6.07, 6.45) is -4.15. The predicted molar refractivity (Wildman–Crippen MR) is 205 cm³/mol. The highest BCUT2D eigenvalue weighted by Gasteiger charge is 2.47. The first kappa shape index (κ1) is 52.9. The predicted octanol–water partition coefficient (Wildman–Crippen LogP) is -3.05. The maximum atomic E-state index is 12.6. The van der Waals surface area contributed by atoms with Crippen LogP contribution < -0.4 is 41.0 Å². The number of aliphatic hydroxyl groups excluding tert-OH is 2. The van der Waals surface area contributed by atoms with E-state index in [1.54, 1.807) is 0 Å². The van der Waals surface area contributed by atoms with E-state index in [4.69, 9.17) is 10.5 Å². The number of aromatic nitrogens is 4. The highest BCUT2D eigenvalue weighted by molar-refractivity contribution is 8.14. The number of phosphoric ester groups is 3. The number of nitrogens with one attached hydrogen (secondary N) is 2. The van der Waals surface area contributed by atoms with Crippen molar-refractivity contribution >= 4 is 75.1 Å². The molecular formula is C32H45N7O19P3S-5. The number of phosphoric acid groups is 3. The topological polar surface area (TPSA) is 415 Å². The van der Waals surface area contributed by atoms with Crippen molar-refractivity contribution in [2.24, 2.45) is 5.41 Å². The number of allylic oxidation sites excluding steroid dienone is 2. The Kier molecular flexibility index (Phi) is 19.5. The Morgan fingerprint density at radius 3 is 2.37 bits per heavy atom. The van der Waals surface area contributed by atoms with Crippen molar-refractivity contribution in [1.29, 1.82) is 0 Å². The number of carboxylic acids is 1. The van der Waals surface area contributed by atoms with Gasteiger partial charge in [0.2, 0.25) is 16.9 Å². The standard InChI is InChI=1S/C32H50N7O19P3S/c1-18(2)6-5-7-19(12-22(41)42)13-23(43)62-11-10-34-21(40)8-9-35-30(46)27(45)32(3,4)15-55-61(52,53)58-60(50,51)54-14-20-26(57-59(47,48)49)25(44)31(56-20)39-17-38-24-28(33)36-16-37-29(24)39/h6,13,16-17,20,25-27,31,44-45H,5,7-12,14-15H2,1-4H3,(H,34,40)(H,35,46)(H,41,42)(H,50,51)(H,52,53)(H2,33,36,37)(H2,47,48,49)/p-5/b19-13-/t20-,25-,26-,27+,31-/m1/s1. The van der Waals surface area contributed by atoms with Crippen molar-refractivity contribution in [1.82, 2.24) is 30.2 Å². The third-order valence-electron chi connectivity index (χ3n) is 8.43. The minimum absolute atomic E-state index is 0.0312. The Morgan fingerprint density at radius 1 is 1.05 bits per heavy atom. The van der Waals surface area contributed by atoms with Crippen LogP contribution >= 0.6 is 35.2 Å². The van der Waals surface area contributed by atoms with Crippen molar-refractivity contribution in [2.45, 2.75) is 84.0 Å². The van der Waals surface area contributed by atoms with Gasteiger partial charge >= 0.3 is 0 Å². The number of fused-ring (bicyclic) bond motifs is 1. The molecule has 2 unspecified atom stereocenters. The van der Waals surface area contributed by atoms with Crippen LogP contribution in [0.15, 0.2) is 36.0 Å². The van der Waals surface area contributed by atoms with Gasteiger partial charge < -0.3 is 78.9 Å². The van der Waals surface area contributed by atoms with Gasteiger partial charge in [0.1, 0.15) is 36.3 Å². The number of thioether (sulfide) groups is 1. The first-order chi connectivity index (χ1) is 28.7. The molecule has 2 amide bonds. The second kappa shape index (κ2) is 22.9. The molecule has 26 nitrogen and oxygen atoms in total. The summed E-state index contributed by atoms with van der Waals surface area (Å²) < 4.78 is 60.6. The molecule has 0 bridgehead atoms. The van der Waals surface area contributed by atoms with Gasteiger partial charge in [0.05, 0.1) is 27.4 Å². The van der Waals surface area contributed by atoms with Gasteiger partial charge in [-0.25, -0.2) is 19.3 Å². The third-order valence-corrected chi connectivity index (χ3v) is 12.3. The van der Waals surface area contributed by atoms with E-state index in [-0.39, 0.29) is 42.2 Å². The Hall–Kier alpha value is -3.49. The van der Waals surface area contributed by atoms with E-state index in [1.807, 2.05) is 19.9 Å². The zero-order valence-electron chi connectivity index (χ0n) is 33.5. The minimum atomic E-state index is -5.94. The van der Waals surface area contributed by atoms with Gasteiger partial charge in [-0.2, -0.15) is 0 Å². The van der Waals surface area contributed by atoms with Gasteiger partial charge in [-0.3, -0.25) is 28.1 Å². The number of nitrogens with two attached hydrogens (primary N) is 1. The van der Waals surface area contributed by atoms with Crippen LogP contribution in [0.4, 0.5) is 5.82 Å². The molecule has 6 N–H and O–H groups in total. The van der Waals surface area contributed by atoms with E-state index in [0.29, 0.717) is 18.4 Å². The van der Waals surface area contributed by atoms with Crippen LogP contribution in [-0.2, 0) is 55.5 Å². The van der Waals surface area contributed by atoms with E-state index in [9.17, 15) is 67.8 Å². The number of nitrogens with zero attached hydrogens (tertiary/aromatic N) is 4. The molecule has 0 saturated carbocycles. The Labute approximate surface area is 358 Å². The molecule has 0 spiro atoms. The van der Waals surface area contributed by atoms with Gasteiger partial charge in [-0.15, -0.1) is 0 Å². The number of imidazole rings is 1. The number of carbonyl (C=O) groups is 4. The molecule has 30 heteroatoms. The van der Waals surface area contributed by atoms with Gasteiger partial charge in [-0.05, 0) is 32.8 Å². The molecule has 7 atom stereocenters. The van der Waals surface area contributed by atoms with Crippen LogP contribution in [0.2, 0.25) is 0 Å². The fourth-order valence-electron chi connectivity index (χ4n) is 5.41. The maximum Gasteiger partial charge on any atom is 0.274 e. The van der Waals surface area contributed by atoms with Crippen molar-refractivity contribution in [3.05, 3.63) is 36.0 Å². The molecule has 0 radical (unpaired) electrons. The highest BCUT2D eigenvalue weighted by Crippen LogP contribution is 2.56. The molecule has 0 aromatic carbocycles. The Morgan fingerprint density at radius 2 is 1.73 bits per heavy atom. The van der Waals surface area contributed by atoms with Gasteiger partial charge in [0.15, 0.2) is 17.7 Å². The smallest absolute Gasteiger partial charge is 0.274 e. The molecule has 3 heterocycles. The first-order valence-corrected chi connectivity index (χ1v) is 23.6. The van der Waals surface area contributed by atoms with Crippen LogP contribution in [0.5, 0.6) is 0 Å². The molecule has 62 heavy (non-hydrogen) atoms. The average Bonchev–Trinajstić information content (AvgIpc) is 3.71. The summed E-state index contributed by atoms with van der Waals surface area (Å²) in [5.41, 5.74) is 5.44. The first-order valence-electron chi connectivity index (χ1n) is 18.2. The maximum absolute atomic E-state index is 12.6. The largest absolute Gasteiger partial charge is 0.790 e. The van der Waals surface area contributed by atoms with Crippen LogP contribution in [0, 0.1) is 5.41 Å². The van der Waals surface area contributed by atoms with Crippen LogP contribution in [0.3, 0.4) is 0 Å².